The van der Waals surface area contributed by atoms with E-state index >= 15 is 0 Å². The number of nitrogens with one attached hydrogen (secondary N) is 1. The predicted octanol–water partition coefficient (Wildman–Crippen LogP) is 3.48. The van der Waals surface area contributed by atoms with E-state index in [0.717, 1.165) is 42.1 Å². The second kappa shape index (κ2) is 7.95. The van der Waals surface area contributed by atoms with Crippen LogP contribution in [0.1, 0.15) is 38.4 Å². The second-order valence-corrected chi connectivity index (χ2v) is 5.51. The van der Waals surface area contributed by atoms with Crippen molar-refractivity contribution in [2.45, 2.75) is 40.7 Å². The molecule has 0 aliphatic heterocycles. The Bertz CT molecular complexity index is 413. The molecule has 106 valence electrons. The fourth-order valence-corrected chi connectivity index (χ4v) is 1.66. The van der Waals surface area contributed by atoms with E-state index in [9.17, 15) is 0 Å². The standard InChI is InChI=1S/C16H26N2O/c1-12(2)6-7-19-16-8-14(5)18-11-15(16)10-17-9-13(3)4/h8,11,13,17H,1,6-7,9-10H2,2-5H3. The molecule has 1 aromatic rings. The molecule has 0 bridgehead atoms. The van der Waals surface area contributed by atoms with Gasteiger partial charge < -0.3 is 10.1 Å². The molecule has 0 radical (unpaired) electrons. The number of pyridine rings is 1. The number of hydrogen-bond acceptors (Lipinski definition) is 3. The van der Waals surface area contributed by atoms with Crippen molar-refractivity contribution in [3.8, 4) is 5.75 Å². The van der Waals surface area contributed by atoms with Crippen LogP contribution in [-0.4, -0.2) is 18.1 Å². The number of rotatable bonds is 8. The molecule has 3 nitrogen and oxygen atoms in total. The summed E-state index contributed by atoms with van der Waals surface area (Å²) in [5.74, 6) is 1.58. The van der Waals surface area contributed by atoms with Gasteiger partial charge in [0.25, 0.3) is 0 Å². The van der Waals surface area contributed by atoms with Gasteiger partial charge in [0.05, 0.1) is 6.61 Å². The Hall–Kier alpha value is -1.35. The molecule has 0 fully saturated rings. The third-order valence-corrected chi connectivity index (χ3v) is 2.73. The van der Waals surface area contributed by atoms with Crippen molar-refractivity contribution in [1.82, 2.24) is 10.3 Å². The van der Waals surface area contributed by atoms with Gasteiger partial charge in [0, 0.05) is 36.5 Å². The molecule has 0 aromatic carbocycles. The van der Waals surface area contributed by atoms with Crippen molar-refractivity contribution in [2.24, 2.45) is 5.92 Å². The Morgan fingerprint density at radius 3 is 2.84 bits per heavy atom. The van der Waals surface area contributed by atoms with Crippen LogP contribution in [0, 0.1) is 12.8 Å². The molecule has 0 saturated heterocycles. The van der Waals surface area contributed by atoms with E-state index < -0.39 is 0 Å². The lowest BCUT2D eigenvalue weighted by Crippen LogP contribution is -2.19. The maximum absolute atomic E-state index is 5.85. The SMILES string of the molecule is C=C(C)CCOc1cc(C)ncc1CNCC(C)C. The van der Waals surface area contributed by atoms with Gasteiger partial charge in [-0.15, -0.1) is 6.58 Å². The van der Waals surface area contributed by atoms with E-state index in [2.05, 4.69) is 30.7 Å². The van der Waals surface area contributed by atoms with Crippen LogP contribution >= 0.6 is 0 Å². The molecule has 3 heteroatoms. The molecule has 19 heavy (non-hydrogen) atoms. The first-order chi connectivity index (χ1) is 8.99. The normalized spacial score (nSPS) is 10.8. The number of aromatic nitrogens is 1. The maximum atomic E-state index is 5.85. The van der Waals surface area contributed by atoms with Crippen molar-refractivity contribution in [1.29, 1.82) is 0 Å². The third-order valence-electron chi connectivity index (χ3n) is 2.73. The number of hydrogen-bond donors (Lipinski definition) is 1. The number of nitrogens with zero attached hydrogens (tertiary/aromatic N) is 1. The predicted molar refractivity (Wildman–Crippen MR) is 80.4 cm³/mol. The minimum atomic E-state index is 0.645. The Morgan fingerprint density at radius 1 is 1.47 bits per heavy atom. The molecular formula is C16H26N2O. The Labute approximate surface area is 117 Å². The lowest BCUT2D eigenvalue weighted by Gasteiger charge is -2.13. The topological polar surface area (TPSA) is 34.1 Å². The summed E-state index contributed by atoms with van der Waals surface area (Å²) in [6.45, 7) is 14.8. The van der Waals surface area contributed by atoms with Crippen molar-refractivity contribution < 1.29 is 4.74 Å². The molecular weight excluding hydrogens is 236 g/mol. The van der Waals surface area contributed by atoms with Gasteiger partial charge in [0.15, 0.2) is 0 Å². The van der Waals surface area contributed by atoms with Crippen molar-refractivity contribution in [2.75, 3.05) is 13.2 Å². The van der Waals surface area contributed by atoms with Gasteiger partial charge in [0.2, 0.25) is 0 Å². The largest absolute Gasteiger partial charge is 0.493 e. The highest BCUT2D eigenvalue weighted by atomic mass is 16.5. The molecule has 1 rings (SSSR count). The fourth-order valence-electron chi connectivity index (χ4n) is 1.66. The van der Waals surface area contributed by atoms with Gasteiger partial charge in [-0.05, 0) is 26.3 Å². The van der Waals surface area contributed by atoms with Crippen LogP contribution in [0.4, 0.5) is 0 Å². The Balaban J connectivity index is 2.60. The van der Waals surface area contributed by atoms with Crippen LogP contribution in [0.3, 0.4) is 0 Å². The molecule has 0 atom stereocenters. The number of ether oxygens (including phenoxy) is 1. The smallest absolute Gasteiger partial charge is 0.127 e. The summed E-state index contributed by atoms with van der Waals surface area (Å²) in [4.78, 5) is 4.34. The number of aryl methyl sites for hydroxylation is 1. The highest BCUT2D eigenvalue weighted by molar-refractivity contribution is 5.32. The summed E-state index contributed by atoms with van der Waals surface area (Å²) in [7, 11) is 0. The van der Waals surface area contributed by atoms with Gasteiger partial charge in [0.1, 0.15) is 5.75 Å². The van der Waals surface area contributed by atoms with Gasteiger partial charge >= 0.3 is 0 Å². The first-order valence-corrected chi connectivity index (χ1v) is 6.92. The van der Waals surface area contributed by atoms with E-state index in [0.29, 0.717) is 12.5 Å². The average Bonchev–Trinajstić information content (AvgIpc) is 2.31. The van der Waals surface area contributed by atoms with E-state index in [1.807, 2.05) is 26.1 Å². The van der Waals surface area contributed by atoms with E-state index in [4.69, 9.17) is 4.74 Å². The van der Waals surface area contributed by atoms with Gasteiger partial charge in [-0.2, -0.15) is 0 Å². The van der Waals surface area contributed by atoms with Crippen LogP contribution in [0.15, 0.2) is 24.4 Å². The monoisotopic (exact) mass is 262 g/mol. The summed E-state index contributed by atoms with van der Waals surface area (Å²) < 4.78 is 5.85. The van der Waals surface area contributed by atoms with Gasteiger partial charge in [-0.3, -0.25) is 4.98 Å². The molecule has 1 N–H and O–H groups in total. The molecule has 1 aromatic heterocycles. The van der Waals surface area contributed by atoms with E-state index in [-0.39, 0.29) is 0 Å². The van der Waals surface area contributed by atoms with Crippen LogP contribution < -0.4 is 10.1 Å². The van der Waals surface area contributed by atoms with Gasteiger partial charge in [-0.1, -0.05) is 19.4 Å². The van der Waals surface area contributed by atoms with Crippen LogP contribution in [0.5, 0.6) is 5.75 Å². The molecule has 0 aliphatic rings. The van der Waals surface area contributed by atoms with Crippen LogP contribution in [0.2, 0.25) is 0 Å². The molecule has 1 heterocycles. The minimum Gasteiger partial charge on any atom is -0.493 e. The molecule has 0 spiro atoms. The zero-order valence-electron chi connectivity index (χ0n) is 12.6. The second-order valence-electron chi connectivity index (χ2n) is 5.51. The summed E-state index contributed by atoms with van der Waals surface area (Å²) >= 11 is 0. The molecule has 0 saturated carbocycles. The maximum Gasteiger partial charge on any atom is 0.127 e. The highest BCUT2D eigenvalue weighted by Gasteiger charge is 2.05. The summed E-state index contributed by atoms with van der Waals surface area (Å²) in [5.41, 5.74) is 3.25. The quantitative estimate of drug-likeness (QED) is 0.728. The minimum absolute atomic E-state index is 0.645. The first-order valence-electron chi connectivity index (χ1n) is 6.92. The third kappa shape index (κ3) is 6.39. The first kappa shape index (κ1) is 15.7. The molecule has 0 amide bonds. The molecule has 0 unspecified atom stereocenters. The molecule has 0 aliphatic carbocycles. The lowest BCUT2D eigenvalue weighted by atomic mass is 10.2. The van der Waals surface area contributed by atoms with E-state index in [1.54, 1.807) is 0 Å². The van der Waals surface area contributed by atoms with Crippen molar-refractivity contribution in [3.05, 3.63) is 35.7 Å². The summed E-state index contributed by atoms with van der Waals surface area (Å²) in [6, 6.07) is 2.00. The van der Waals surface area contributed by atoms with E-state index in [1.165, 1.54) is 0 Å². The zero-order chi connectivity index (χ0) is 14.3. The Morgan fingerprint density at radius 2 is 2.21 bits per heavy atom. The lowest BCUT2D eigenvalue weighted by molar-refractivity contribution is 0.316. The van der Waals surface area contributed by atoms with Crippen molar-refractivity contribution >= 4 is 0 Å². The highest BCUT2D eigenvalue weighted by Crippen LogP contribution is 2.19. The summed E-state index contributed by atoms with van der Waals surface area (Å²) in [6.07, 6.45) is 2.79. The zero-order valence-corrected chi connectivity index (χ0v) is 12.6. The summed E-state index contributed by atoms with van der Waals surface area (Å²) in [5, 5.41) is 3.42. The van der Waals surface area contributed by atoms with Crippen LogP contribution in [0.25, 0.3) is 0 Å². The van der Waals surface area contributed by atoms with Crippen molar-refractivity contribution in [3.63, 3.8) is 0 Å². The van der Waals surface area contributed by atoms with Crippen LogP contribution in [-0.2, 0) is 6.54 Å². The average molecular weight is 262 g/mol. The Kier molecular flexibility index (Phi) is 6.57. The van der Waals surface area contributed by atoms with Gasteiger partial charge in [-0.25, -0.2) is 0 Å². The fraction of sp³-hybridized carbons (Fsp3) is 0.562.